The number of rotatable bonds is 5. The van der Waals surface area contributed by atoms with Crippen LogP contribution >= 0.6 is 0 Å². The van der Waals surface area contributed by atoms with Gasteiger partial charge in [-0.15, -0.1) is 0 Å². The summed E-state index contributed by atoms with van der Waals surface area (Å²) < 4.78 is 33.6. The van der Waals surface area contributed by atoms with Crippen molar-refractivity contribution in [1.29, 1.82) is 0 Å². The summed E-state index contributed by atoms with van der Waals surface area (Å²) in [5.41, 5.74) is 0. The van der Waals surface area contributed by atoms with E-state index in [0.717, 1.165) is 6.26 Å². The van der Waals surface area contributed by atoms with E-state index in [-0.39, 0.29) is 10.8 Å². The fraction of sp³-hybridized carbons (Fsp3) is 0.429. The van der Waals surface area contributed by atoms with Crippen LogP contribution in [0.2, 0.25) is 0 Å². The second kappa shape index (κ2) is 5.85. The number of hydrogen-bond acceptors (Lipinski definition) is 6. The van der Waals surface area contributed by atoms with Crippen molar-refractivity contribution in [3.05, 3.63) is 36.0 Å². The van der Waals surface area contributed by atoms with E-state index in [4.69, 9.17) is 9.26 Å². The van der Waals surface area contributed by atoms with Gasteiger partial charge < -0.3 is 9.26 Å². The molecule has 0 N–H and O–H groups in total. The van der Waals surface area contributed by atoms with Gasteiger partial charge in [-0.25, -0.2) is 8.42 Å². The Morgan fingerprint density at radius 3 is 2.24 bits per heavy atom. The zero-order chi connectivity index (χ0) is 15.6. The molecule has 0 saturated carbocycles. The number of ether oxygens (including phenoxy) is 1. The SMILES string of the molecule is CC(C)c1noc([C@H](C)Oc2ccc(S(C)(=O)=O)cc2)n1. The quantitative estimate of drug-likeness (QED) is 0.844. The standard InChI is InChI=1S/C14H18N2O4S/c1-9(2)13-15-14(20-16-13)10(3)19-11-5-7-12(8-6-11)21(4,17)18/h5-10H,1-4H3/t10-/m0/s1. The van der Waals surface area contributed by atoms with E-state index in [1.54, 1.807) is 19.1 Å². The third-order valence-corrected chi connectivity index (χ3v) is 4.01. The largest absolute Gasteiger partial charge is 0.481 e. The summed E-state index contributed by atoms with van der Waals surface area (Å²) in [5.74, 6) is 1.75. The topological polar surface area (TPSA) is 82.3 Å². The van der Waals surface area contributed by atoms with Gasteiger partial charge in [0.1, 0.15) is 5.75 Å². The molecule has 0 aliphatic rings. The average molecular weight is 310 g/mol. The van der Waals surface area contributed by atoms with E-state index >= 15 is 0 Å². The molecule has 2 rings (SSSR count). The zero-order valence-corrected chi connectivity index (χ0v) is 13.2. The molecule has 1 aromatic heterocycles. The molecule has 21 heavy (non-hydrogen) atoms. The molecular formula is C14H18N2O4S. The summed E-state index contributed by atoms with van der Waals surface area (Å²) in [4.78, 5) is 4.52. The van der Waals surface area contributed by atoms with Crippen LogP contribution < -0.4 is 4.74 Å². The van der Waals surface area contributed by atoms with Crippen molar-refractivity contribution in [1.82, 2.24) is 10.1 Å². The minimum Gasteiger partial charge on any atom is -0.481 e. The summed E-state index contributed by atoms with van der Waals surface area (Å²) >= 11 is 0. The van der Waals surface area contributed by atoms with Crippen LogP contribution in [0.4, 0.5) is 0 Å². The Morgan fingerprint density at radius 2 is 1.76 bits per heavy atom. The molecule has 0 spiro atoms. The first kappa shape index (κ1) is 15.5. The molecule has 0 aliphatic carbocycles. The number of benzene rings is 1. The van der Waals surface area contributed by atoms with Crippen LogP contribution in [0.3, 0.4) is 0 Å². The number of sulfone groups is 1. The summed E-state index contributed by atoms with van der Waals surface area (Å²) in [7, 11) is -3.20. The fourth-order valence-corrected chi connectivity index (χ4v) is 2.30. The van der Waals surface area contributed by atoms with Gasteiger partial charge in [-0.3, -0.25) is 0 Å². The van der Waals surface area contributed by atoms with Crippen LogP contribution in [-0.2, 0) is 9.84 Å². The monoisotopic (exact) mass is 310 g/mol. The lowest BCUT2D eigenvalue weighted by atomic mass is 10.2. The maximum absolute atomic E-state index is 11.4. The van der Waals surface area contributed by atoms with Crippen LogP contribution in [0, 0.1) is 0 Å². The Kier molecular flexibility index (Phi) is 4.32. The highest BCUT2D eigenvalue weighted by Gasteiger charge is 2.17. The van der Waals surface area contributed by atoms with Gasteiger partial charge in [-0.2, -0.15) is 4.98 Å². The smallest absolute Gasteiger partial charge is 0.267 e. The van der Waals surface area contributed by atoms with Gasteiger partial charge in [0.25, 0.3) is 5.89 Å². The predicted molar refractivity (Wildman–Crippen MR) is 77.0 cm³/mol. The van der Waals surface area contributed by atoms with Gasteiger partial charge in [-0.1, -0.05) is 19.0 Å². The zero-order valence-electron chi connectivity index (χ0n) is 12.4. The van der Waals surface area contributed by atoms with Crippen molar-refractivity contribution >= 4 is 9.84 Å². The van der Waals surface area contributed by atoms with Crippen LogP contribution in [-0.4, -0.2) is 24.8 Å². The molecule has 1 aromatic carbocycles. The summed E-state index contributed by atoms with van der Waals surface area (Å²) in [6.07, 6.45) is 0.756. The second-order valence-electron chi connectivity index (χ2n) is 5.15. The molecule has 0 bridgehead atoms. The fourth-order valence-electron chi connectivity index (χ4n) is 1.67. The number of hydrogen-bond donors (Lipinski definition) is 0. The van der Waals surface area contributed by atoms with Gasteiger partial charge in [0.15, 0.2) is 21.8 Å². The van der Waals surface area contributed by atoms with Gasteiger partial charge in [0.2, 0.25) is 0 Å². The lowest BCUT2D eigenvalue weighted by Crippen LogP contribution is -2.04. The Balaban J connectivity index is 2.10. The number of nitrogens with zero attached hydrogens (tertiary/aromatic N) is 2. The van der Waals surface area contributed by atoms with Crippen LogP contribution in [0.1, 0.15) is 44.5 Å². The predicted octanol–water partition coefficient (Wildman–Crippen LogP) is 2.74. The molecular weight excluding hydrogens is 292 g/mol. The van der Waals surface area contributed by atoms with E-state index in [2.05, 4.69) is 10.1 Å². The lowest BCUT2D eigenvalue weighted by Gasteiger charge is -2.10. The third kappa shape index (κ3) is 3.81. The molecule has 114 valence electrons. The maximum atomic E-state index is 11.4. The molecule has 0 saturated heterocycles. The molecule has 0 radical (unpaired) electrons. The Bertz CT molecular complexity index is 705. The highest BCUT2D eigenvalue weighted by Crippen LogP contribution is 2.23. The minimum atomic E-state index is -3.20. The Hall–Kier alpha value is -1.89. The summed E-state index contributed by atoms with van der Waals surface area (Å²) in [5, 5.41) is 3.88. The van der Waals surface area contributed by atoms with E-state index in [1.165, 1.54) is 12.1 Å². The van der Waals surface area contributed by atoms with Gasteiger partial charge >= 0.3 is 0 Å². The van der Waals surface area contributed by atoms with Crippen molar-refractivity contribution in [3.63, 3.8) is 0 Å². The van der Waals surface area contributed by atoms with Gasteiger partial charge in [0.05, 0.1) is 4.90 Å². The average Bonchev–Trinajstić information content (AvgIpc) is 2.88. The van der Waals surface area contributed by atoms with Crippen molar-refractivity contribution in [2.24, 2.45) is 0 Å². The highest BCUT2D eigenvalue weighted by molar-refractivity contribution is 7.90. The normalized spacial score (nSPS) is 13.4. The van der Waals surface area contributed by atoms with Crippen molar-refractivity contribution in [2.45, 2.75) is 37.7 Å². The molecule has 0 aliphatic heterocycles. The minimum absolute atomic E-state index is 0.184. The Morgan fingerprint density at radius 1 is 1.14 bits per heavy atom. The number of aromatic nitrogens is 2. The van der Waals surface area contributed by atoms with Crippen LogP contribution in [0.5, 0.6) is 5.75 Å². The lowest BCUT2D eigenvalue weighted by molar-refractivity contribution is 0.175. The maximum Gasteiger partial charge on any atom is 0.267 e. The molecule has 6 nitrogen and oxygen atoms in total. The first-order chi connectivity index (χ1) is 9.77. The molecule has 2 aromatic rings. The second-order valence-corrected chi connectivity index (χ2v) is 7.16. The van der Waals surface area contributed by atoms with Crippen molar-refractivity contribution < 1.29 is 17.7 Å². The van der Waals surface area contributed by atoms with E-state index in [1.807, 2.05) is 13.8 Å². The molecule has 7 heteroatoms. The molecule has 1 heterocycles. The van der Waals surface area contributed by atoms with E-state index in [9.17, 15) is 8.42 Å². The van der Waals surface area contributed by atoms with Gasteiger partial charge in [0, 0.05) is 12.2 Å². The molecule has 0 fully saturated rings. The highest BCUT2D eigenvalue weighted by atomic mass is 32.2. The van der Waals surface area contributed by atoms with Gasteiger partial charge in [-0.05, 0) is 31.2 Å². The van der Waals surface area contributed by atoms with Crippen molar-refractivity contribution in [3.8, 4) is 5.75 Å². The third-order valence-electron chi connectivity index (χ3n) is 2.89. The molecule has 0 amide bonds. The van der Waals surface area contributed by atoms with E-state index < -0.39 is 15.9 Å². The molecule has 1 atom stereocenters. The molecule has 0 unspecified atom stereocenters. The van der Waals surface area contributed by atoms with Crippen LogP contribution in [0.25, 0.3) is 0 Å². The van der Waals surface area contributed by atoms with Crippen LogP contribution in [0.15, 0.2) is 33.7 Å². The summed E-state index contributed by atoms with van der Waals surface area (Å²) in [6, 6.07) is 6.22. The first-order valence-corrected chi connectivity index (χ1v) is 8.47. The first-order valence-electron chi connectivity index (χ1n) is 6.57. The van der Waals surface area contributed by atoms with E-state index in [0.29, 0.717) is 17.5 Å². The summed E-state index contributed by atoms with van der Waals surface area (Å²) in [6.45, 7) is 5.75. The van der Waals surface area contributed by atoms with Crippen molar-refractivity contribution in [2.75, 3.05) is 6.26 Å². The Labute approximate surface area is 124 Å².